The number of hydrogen-bond donors (Lipinski definition) is 3. The molecule has 0 aliphatic carbocycles. The molecule has 7 heteroatoms. The van der Waals surface area contributed by atoms with Gasteiger partial charge in [-0.25, -0.2) is 10.5 Å². The molecular weight excluding hydrogens is 418 g/mol. The van der Waals surface area contributed by atoms with Crippen LogP contribution in [-0.4, -0.2) is 27.7 Å². The topological polar surface area (TPSA) is 104 Å². The Bertz CT molecular complexity index is 1350. The Kier molecular flexibility index (Phi) is 7.00. The second-order valence-electron chi connectivity index (χ2n) is 8.13. The molecule has 0 fully saturated rings. The first kappa shape index (κ1) is 22.5. The van der Waals surface area contributed by atoms with E-state index in [9.17, 15) is 9.59 Å². The molecule has 3 aromatic carbocycles. The second kappa shape index (κ2) is 10.3. The lowest BCUT2D eigenvalue weighted by Crippen LogP contribution is -2.17. The van der Waals surface area contributed by atoms with Gasteiger partial charge in [-0.2, -0.15) is 0 Å². The second-order valence-corrected chi connectivity index (χ2v) is 8.13. The standard InChI is InChI=1S/C26H27N3O4/c1-17-9-4-5-10-18(17)15-22-26(31)28-21-16-23(33-14-8-2-3-13-24(30)29-32)19-11-6-7-12-20(19)25(21)27-22/h4-7,9-12,16,32H,2-3,8,13-15H2,1H3,(H,28,31)(H,29,30). The Labute approximate surface area is 191 Å². The number of hydroxylamine groups is 1. The molecule has 4 rings (SSSR count). The molecule has 0 atom stereocenters. The van der Waals surface area contributed by atoms with Crippen molar-refractivity contribution in [1.82, 2.24) is 15.4 Å². The normalized spacial score (nSPS) is 11.1. The maximum Gasteiger partial charge on any atom is 0.270 e. The smallest absolute Gasteiger partial charge is 0.270 e. The fourth-order valence-corrected chi connectivity index (χ4v) is 3.95. The van der Waals surface area contributed by atoms with Crippen LogP contribution >= 0.6 is 0 Å². The van der Waals surface area contributed by atoms with Gasteiger partial charge in [0, 0.05) is 29.7 Å². The highest BCUT2D eigenvalue weighted by molar-refractivity contribution is 6.07. The van der Waals surface area contributed by atoms with E-state index in [2.05, 4.69) is 4.98 Å². The molecule has 0 radical (unpaired) electrons. The van der Waals surface area contributed by atoms with Crippen LogP contribution in [0.4, 0.5) is 0 Å². The first-order valence-corrected chi connectivity index (χ1v) is 11.1. The lowest BCUT2D eigenvalue weighted by molar-refractivity contribution is -0.129. The van der Waals surface area contributed by atoms with Crippen LogP contribution in [0.15, 0.2) is 59.4 Å². The molecule has 0 spiro atoms. The summed E-state index contributed by atoms with van der Waals surface area (Å²) in [5.74, 6) is 0.310. The minimum Gasteiger partial charge on any atom is -0.493 e. The van der Waals surface area contributed by atoms with E-state index in [1.165, 1.54) is 0 Å². The van der Waals surface area contributed by atoms with Gasteiger partial charge < -0.3 is 9.72 Å². The number of hydrogen-bond acceptors (Lipinski definition) is 5. The Morgan fingerprint density at radius 3 is 2.61 bits per heavy atom. The van der Waals surface area contributed by atoms with E-state index < -0.39 is 0 Å². The van der Waals surface area contributed by atoms with Gasteiger partial charge in [-0.05, 0) is 37.3 Å². The maximum atomic E-state index is 12.8. The molecule has 170 valence electrons. The van der Waals surface area contributed by atoms with Crippen LogP contribution in [0.2, 0.25) is 0 Å². The van der Waals surface area contributed by atoms with Gasteiger partial charge in [0.25, 0.3) is 5.56 Å². The SMILES string of the molecule is Cc1ccccc1Cc1nc2c(cc(OCCCCCC(=O)NO)c3ccccc32)[nH]c1=O. The first-order valence-electron chi connectivity index (χ1n) is 11.1. The van der Waals surface area contributed by atoms with E-state index in [1.807, 2.05) is 61.5 Å². The average molecular weight is 446 g/mol. The van der Waals surface area contributed by atoms with Crippen LogP contribution in [0.1, 0.15) is 42.5 Å². The summed E-state index contributed by atoms with van der Waals surface area (Å²) in [6.07, 6.45) is 3.01. The number of carbonyl (C=O) groups is 1. The minimum absolute atomic E-state index is 0.200. The molecule has 0 unspecified atom stereocenters. The maximum absolute atomic E-state index is 12.8. The number of aromatic nitrogens is 2. The molecule has 0 aliphatic heterocycles. The zero-order valence-electron chi connectivity index (χ0n) is 18.6. The molecule has 0 aliphatic rings. The van der Waals surface area contributed by atoms with Gasteiger partial charge in [-0.15, -0.1) is 0 Å². The van der Waals surface area contributed by atoms with Gasteiger partial charge in [-0.3, -0.25) is 14.8 Å². The number of carbonyl (C=O) groups excluding carboxylic acids is 1. The number of rotatable bonds is 9. The first-order chi connectivity index (χ1) is 16.1. The van der Waals surface area contributed by atoms with Gasteiger partial charge >= 0.3 is 0 Å². The van der Waals surface area contributed by atoms with Gasteiger partial charge in [-0.1, -0.05) is 48.5 Å². The number of nitrogens with zero attached hydrogens (tertiary/aromatic N) is 1. The van der Waals surface area contributed by atoms with Crippen molar-refractivity contribution >= 4 is 27.7 Å². The summed E-state index contributed by atoms with van der Waals surface area (Å²) < 4.78 is 6.04. The Balaban J connectivity index is 1.59. The van der Waals surface area contributed by atoms with Crippen LogP contribution in [0, 0.1) is 6.92 Å². The summed E-state index contributed by atoms with van der Waals surface area (Å²) in [6, 6.07) is 17.7. The monoisotopic (exact) mass is 445 g/mol. The van der Waals surface area contributed by atoms with E-state index in [0.29, 0.717) is 36.4 Å². The Morgan fingerprint density at radius 2 is 1.82 bits per heavy atom. The third kappa shape index (κ3) is 5.21. The number of nitrogens with one attached hydrogen (secondary N) is 2. The highest BCUT2D eigenvalue weighted by Gasteiger charge is 2.13. The number of unbranched alkanes of at least 4 members (excludes halogenated alkanes) is 2. The molecule has 3 N–H and O–H groups in total. The Hall–Kier alpha value is -3.71. The van der Waals surface area contributed by atoms with Crippen LogP contribution in [0.3, 0.4) is 0 Å². The minimum atomic E-state index is -0.380. The molecule has 4 aromatic rings. The fraction of sp³-hybridized carbons (Fsp3) is 0.269. The fourth-order valence-electron chi connectivity index (χ4n) is 3.95. The van der Waals surface area contributed by atoms with E-state index in [0.717, 1.165) is 40.3 Å². The van der Waals surface area contributed by atoms with Gasteiger partial charge in [0.15, 0.2) is 0 Å². The molecule has 1 amide bonds. The number of H-pyrrole nitrogens is 1. The summed E-state index contributed by atoms with van der Waals surface area (Å²) in [7, 11) is 0. The van der Waals surface area contributed by atoms with Gasteiger partial charge in [0.1, 0.15) is 11.4 Å². The van der Waals surface area contributed by atoms with Crippen LogP contribution < -0.4 is 15.8 Å². The van der Waals surface area contributed by atoms with Gasteiger partial charge in [0.05, 0.1) is 17.6 Å². The number of amides is 1. The average Bonchev–Trinajstić information content (AvgIpc) is 2.83. The van der Waals surface area contributed by atoms with Crippen molar-refractivity contribution in [2.24, 2.45) is 0 Å². The van der Waals surface area contributed by atoms with Crippen molar-refractivity contribution in [3.8, 4) is 5.75 Å². The lowest BCUT2D eigenvalue weighted by atomic mass is 10.0. The quantitative estimate of drug-likeness (QED) is 0.153. The van der Waals surface area contributed by atoms with Crippen molar-refractivity contribution in [2.75, 3.05) is 6.61 Å². The predicted molar refractivity (Wildman–Crippen MR) is 128 cm³/mol. The molecule has 7 nitrogen and oxygen atoms in total. The van der Waals surface area contributed by atoms with Crippen molar-refractivity contribution in [1.29, 1.82) is 0 Å². The van der Waals surface area contributed by atoms with Crippen molar-refractivity contribution in [2.45, 2.75) is 39.0 Å². The van der Waals surface area contributed by atoms with Gasteiger partial charge in [0.2, 0.25) is 5.91 Å². The molecule has 0 saturated heterocycles. The summed E-state index contributed by atoms with van der Waals surface area (Å²) in [5, 5.41) is 10.4. The molecular formula is C26H27N3O4. The third-order valence-corrected chi connectivity index (χ3v) is 5.78. The molecule has 1 heterocycles. The van der Waals surface area contributed by atoms with Crippen LogP contribution in [-0.2, 0) is 11.2 Å². The zero-order chi connectivity index (χ0) is 23.2. The molecule has 0 bridgehead atoms. The van der Waals surface area contributed by atoms with E-state index >= 15 is 0 Å². The van der Waals surface area contributed by atoms with Crippen LogP contribution in [0.5, 0.6) is 5.75 Å². The number of fused-ring (bicyclic) bond motifs is 3. The summed E-state index contributed by atoms with van der Waals surface area (Å²) in [6.45, 7) is 2.52. The zero-order valence-corrected chi connectivity index (χ0v) is 18.6. The van der Waals surface area contributed by atoms with Crippen molar-refractivity contribution < 1.29 is 14.7 Å². The molecule has 1 aromatic heterocycles. The third-order valence-electron chi connectivity index (χ3n) is 5.78. The summed E-state index contributed by atoms with van der Waals surface area (Å²) in [5.41, 5.74) is 5.52. The number of benzene rings is 3. The number of aromatic amines is 1. The van der Waals surface area contributed by atoms with E-state index in [-0.39, 0.29) is 17.9 Å². The lowest BCUT2D eigenvalue weighted by Gasteiger charge is -2.13. The van der Waals surface area contributed by atoms with E-state index in [4.69, 9.17) is 14.9 Å². The predicted octanol–water partition coefficient (Wildman–Crippen LogP) is 4.42. The largest absolute Gasteiger partial charge is 0.493 e. The molecule has 33 heavy (non-hydrogen) atoms. The number of aryl methyl sites for hydroxylation is 1. The Morgan fingerprint density at radius 1 is 1.06 bits per heavy atom. The van der Waals surface area contributed by atoms with Crippen molar-refractivity contribution in [3.05, 3.63) is 81.8 Å². The van der Waals surface area contributed by atoms with Crippen LogP contribution in [0.25, 0.3) is 21.8 Å². The highest BCUT2D eigenvalue weighted by Crippen LogP contribution is 2.31. The van der Waals surface area contributed by atoms with E-state index in [1.54, 1.807) is 5.48 Å². The summed E-state index contributed by atoms with van der Waals surface area (Å²) in [4.78, 5) is 31.6. The summed E-state index contributed by atoms with van der Waals surface area (Å²) >= 11 is 0. The number of ether oxygens (including phenoxy) is 1. The highest BCUT2D eigenvalue weighted by atomic mass is 16.5. The van der Waals surface area contributed by atoms with Crippen molar-refractivity contribution in [3.63, 3.8) is 0 Å². The molecule has 0 saturated carbocycles.